The van der Waals surface area contributed by atoms with Crippen molar-refractivity contribution in [3.05, 3.63) is 0 Å². The zero-order valence-corrected chi connectivity index (χ0v) is 17.7. The van der Waals surface area contributed by atoms with Gasteiger partial charge in [0.15, 0.2) is 0 Å². The number of carbonyl (C=O) groups is 1. The molecule has 0 unspecified atom stereocenters. The van der Waals surface area contributed by atoms with Gasteiger partial charge in [-0.25, -0.2) is 0 Å². The molecule has 6 N–H and O–H groups in total. The zero-order chi connectivity index (χ0) is 21.3. The maximum Gasteiger partial charge on any atom is 0.451 e. The normalized spacial score (nSPS) is 27.2. The highest BCUT2D eigenvalue weighted by atomic mass is 32.2. The fraction of sp³-hybridized carbons (Fsp3) is 0.938. The van der Waals surface area contributed by atoms with E-state index in [1.165, 1.54) is 8.61 Å². The van der Waals surface area contributed by atoms with Crippen LogP contribution in [-0.4, -0.2) is 89.6 Å². The van der Waals surface area contributed by atoms with E-state index in [-0.39, 0.29) is 30.9 Å². The van der Waals surface area contributed by atoms with Crippen LogP contribution in [0.2, 0.25) is 6.32 Å². The second kappa shape index (κ2) is 8.54. The van der Waals surface area contributed by atoms with Crippen molar-refractivity contribution in [2.45, 2.75) is 51.5 Å². The van der Waals surface area contributed by atoms with Crippen molar-refractivity contribution in [3.8, 4) is 0 Å². The number of carboxylic acid groups (broad SMARTS) is 1. The molecule has 10 nitrogen and oxygen atoms in total. The lowest BCUT2D eigenvalue weighted by molar-refractivity contribution is -0.144. The van der Waals surface area contributed by atoms with Crippen molar-refractivity contribution in [2.75, 3.05) is 32.7 Å². The van der Waals surface area contributed by atoms with Crippen LogP contribution in [0.5, 0.6) is 0 Å². The Morgan fingerprint density at radius 1 is 1.36 bits per heavy atom. The molecule has 0 aromatic heterocycles. The van der Waals surface area contributed by atoms with E-state index in [2.05, 4.69) is 5.32 Å². The highest BCUT2D eigenvalue weighted by Gasteiger charge is 2.54. The van der Waals surface area contributed by atoms with Gasteiger partial charge in [-0.15, -0.1) is 0 Å². The summed E-state index contributed by atoms with van der Waals surface area (Å²) in [6.45, 7) is 7.04. The smallest absolute Gasteiger partial charge is 0.451 e. The van der Waals surface area contributed by atoms with E-state index in [1.807, 2.05) is 20.8 Å². The molecule has 2 heterocycles. The fourth-order valence-electron chi connectivity index (χ4n) is 3.70. The molecule has 2 aliphatic heterocycles. The van der Waals surface area contributed by atoms with E-state index in [0.717, 1.165) is 0 Å². The number of nitrogens with zero attached hydrogens (tertiary/aromatic N) is 2. The van der Waals surface area contributed by atoms with Crippen molar-refractivity contribution < 1.29 is 28.4 Å². The van der Waals surface area contributed by atoms with Gasteiger partial charge < -0.3 is 26.2 Å². The molecule has 0 spiro atoms. The van der Waals surface area contributed by atoms with Gasteiger partial charge in [0.1, 0.15) is 5.54 Å². The van der Waals surface area contributed by atoms with Gasteiger partial charge in [0, 0.05) is 38.6 Å². The van der Waals surface area contributed by atoms with Crippen LogP contribution in [0.3, 0.4) is 0 Å². The van der Waals surface area contributed by atoms with Gasteiger partial charge in [-0.2, -0.15) is 17.0 Å². The largest absolute Gasteiger partial charge is 0.480 e. The second-order valence-corrected chi connectivity index (χ2v) is 11.1. The highest BCUT2D eigenvalue weighted by Crippen LogP contribution is 2.34. The summed E-state index contributed by atoms with van der Waals surface area (Å²) < 4.78 is 29.4. The summed E-state index contributed by atoms with van der Waals surface area (Å²) >= 11 is 0. The first kappa shape index (κ1) is 23.5. The van der Waals surface area contributed by atoms with E-state index in [1.54, 1.807) is 0 Å². The molecule has 162 valence electrons. The Kier molecular flexibility index (Phi) is 7.18. The number of nitrogens with one attached hydrogen (secondary N) is 1. The third-order valence-corrected chi connectivity index (χ3v) is 7.37. The maximum atomic E-state index is 13.4. The highest BCUT2D eigenvalue weighted by molar-refractivity contribution is 7.86. The molecule has 2 rings (SSSR count). The quantitative estimate of drug-likeness (QED) is 0.283. The van der Waals surface area contributed by atoms with E-state index in [9.17, 15) is 18.3 Å². The average Bonchev–Trinajstić information content (AvgIpc) is 2.82. The average molecular weight is 420 g/mol. The standard InChI is InChI=1S/C16H33BN4O6S/c1-15(2,3)10-21(13-7-19-8-13)28(26,27)20-9-12(5-4-6-17(24)25)16(18,11-20)14(22)23/h12-13,19,24-25H,4-11,18H2,1-3H3,(H,22,23)/t12-,16-/m0/s1. The van der Waals surface area contributed by atoms with Crippen LogP contribution in [-0.2, 0) is 15.0 Å². The van der Waals surface area contributed by atoms with Gasteiger partial charge in [0.2, 0.25) is 0 Å². The number of nitrogens with two attached hydrogens (primary N) is 1. The van der Waals surface area contributed by atoms with Crippen LogP contribution < -0.4 is 11.1 Å². The second-order valence-electron chi connectivity index (χ2n) is 9.17. The number of hydrogen-bond donors (Lipinski definition) is 5. The van der Waals surface area contributed by atoms with E-state index >= 15 is 0 Å². The third kappa shape index (κ3) is 5.23. The lowest BCUT2D eigenvalue weighted by Crippen LogP contribution is -2.63. The summed E-state index contributed by atoms with van der Waals surface area (Å²) in [7, 11) is -5.37. The Hall–Kier alpha value is -0.755. The van der Waals surface area contributed by atoms with Gasteiger partial charge in [-0.05, 0) is 18.2 Å². The molecule has 2 saturated heterocycles. The Morgan fingerprint density at radius 2 is 1.96 bits per heavy atom. The number of carboxylic acids is 1. The van der Waals surface area contributed by atoms with Crippen LogP contribution >= 0.6 is 0 Å². The lowest BCUT2D eigenvalue weighted by atomic mass is 9.78. The van der Waals surface area contributed by atoms with Gasteiger partial charge >= 0.3 is 13.1 Å². The van der Waals surface area contributed by atoms with Crippen molar-refractivity contribution >= 4 is 23.3 Å². The topological polar surface area (TPSA) is 156 Å². The van der Waals surface area contributed by atoms with E-state index < -0.39 is 34.8 Å². The lowest BCUT2D eigenvalue weighted by Gasteiger charge is -2.41. The van der Waals surface area contributed by atoms with E-state index in [4.69, 9.17) is 15.8 Å². The minimum Gasteiger partial charge on any atom is -0.480 e. The van der Waals surface area contributed by atoms with Crippen molar-refractivity contribution in [1.82, 2.24) is 13.9 Å². The van der Waals surface area contributed by atoms with Gasteiger partial charge in [0.25, 0.3) is 10.2 Å². The van der Waals surface area contributed by atoms with Crippen LogP contribution in [0.4, 0.5) is 0 Å². The third-order valence-electron chi connectivity index (χ3n) is 5.42. The minimum atomic E-state index is -3.89. The van der Waals surface area contributed by atoms with Crippen LogP contribution in [0.15, 0.2) is 0 Å². The first-order valence-electron chi connectivity index (χ1n) is 9.63. The Morgan fingerprint density at radius 3 is 2.39 bits per heavy atom. The van der Waals surface area contributed by atoms with Crippen LogP contribution in [0, 0.1) is 11.3 Å². The first-order valence-corrected chi connectivity index (χ1v) is 11.0. The van der Waals surface area contributed by atoms with Crippen molar-refractivity contribution in [2.24, 2.45) is 17.1 Å². The Balaban J connectivity index is 2.22. The molecule has 2 fully saturated rings. The maximum absolute atomic E-state index is 13.4. The molecule has 28 heavy (non-hydrogen) atoms. The summed E-state index contributed by atoms with van der Waals surface area (Å²) in [6, 6.07) is -0.162. The molecule has 0 aliphatic carbocycles. The predicted octanol–water partition coefficient (Wildman–Crippen LogP) is -1.48. The molecular formula is C16H33BN4O6S. The monoisotopic (exact) mass is 420 g/mol. The first-order chi connectivity index (χ1) is 12.8. The SMILES string of the molecule is CC(C)(C)CN(C1CNC1)S(=O)(=O)N1C[C@H](CCCB(O)O)[C@](N)(C(=O)O)C1. The molecule has 0 aromatic rings. The summed E-state index contributed by atoms with van der Waals surface area (Å²) in [5, 5.41) is 30.8. The van der Waals surface area contributed by atoms with Crippen molar-refractivity contribution in [1.29, 1.82) is 0 Å². The van der Waals surface area contributed by atoms with Crippen molar-refractivity contribution in [3.63, 3.8) is 0 Å². The number of aliphatic carboxylic acids is 1. The summed E-state index contributed by atoms with van der Waals surface area (Å²) in [5.74, 6) is -1.85. The molecule has 12 heteroatoms. The molecular weight excluding hydrogens is 387 g/mol. The number of rotatable bonds is 9. The Bertz CT molecular complexity index is 667. The van der Waals surface area contributed by atoms with Gasteiger partial charge in [-0.1, -0.05) is 27.2 Å². The molecule has 0 bridgehead atoms. The molecule has 0 amide bonds. The van der Waals surface area contributed by atoms with Gasteiger partial charge in [-0.3, -0.25) is 4.79 Å². The molecule has 2 atom stereocenters. The minimum absolute atomic E-state index is 0.00739. The van der Waals surface area contributed by atoms with Crippen LogP contribution in [0.1, 0.15) is 33.6 Å². The molecule has 0 saturated carbocycles. The Labute approximate surface area is 167 Å². The number of hydrogen-bond acceptors (Lipinski definition) is 7. The molecule has 0 radical (unpaired) electrons. The van der Waals surface area contributed by atoms with E-state index in [0.29, 0.717) is 32.5 Å². The summed E-state index contributed by atoms with van der Waals surface area (Å²) in [5.41, 5.74) is 4.18. The van der Waals surface area contributed by atoms with Gasteiger partial charge in [0.05, 0.1) is 6.04 Å². The summed E-state index contributed by atoms with van der Waals surface area (Å²) in [4.78, 5) is 11.8. The molecule has 0 aromatic carbocycles. The predicted molar refractivity (Wildman–Crippen MR) is 106 cm³/mol. The fourth-order valence-corrected chi connectivity index (χ4v) is 5.82. The molecule has 2 aliphatic rings. The van der Waals surface area contributed by atoms with Crippen LogP contribution in [0.25, 0.3) is 0 Å². The summed E-state index contributed by atoms with van der Waals surface area (Å²) in [6.07, 6.45) is 0.736. The zero-order valence-electron chi connectivity index (χ0n) is 16.8.